The van der Waals surface area contributed by atoms with Crippen molar-refractivity contribution in [3.63, 3.8) is 0 Å². The maximum atomic E-state index is 11.6. The van der Waals surface area contributed by atoms with Gasteiger partial charge in [-0.05, 0) is 72.8 Å². The first-order valence-corrected chi connectivity index (χ1v) is 8.87. The average Bonchev–Trinajstić information content (AvgIpc) is 3.45. The Kier molecular flexibility index (Phi) is 4.96. The largest absolute Gasteiger partial charge is 0.249 e. The molecule has 31 heavy (non-hydrogen) atoms. The van der Waals surface area contributed by atoms with Crippen LogP contribution < -0.4 is 0 Å². The number of nitrogens with zero attached hydrogens (tertiary/aromatic N) is 6. The van der Waals surface area contributed by atoms with Crippen LogP contribution in [0.15, 0.2) is 48.5 Å². The van der Waals surface area contributed by atoms with Crippen LogP contribution in [-0.4, -0.2) is 29.4 Å². The standard InChI is InChI=1S/C20H12N6O4.Ni/c27-25(28)23-17-5-6-19(23)11-15-3-4-16(22-15)12-20-8-7-18(24(20)26(29)30)10-14-2-1-13(9-17)21-14;/h1-12H;. The molecule has 0 saturated carbocycles. The minimum Gasteiger partial charge on any atom is -0.249 e. The summed E-state index contributed by atoms with van der Waals surface area (Å²) in [4.78, 5) is 32.1. The predicted molar refractivity (Wildman–Crippen MR) is 111 cm³/mol. The number of aromatic nitrogens is 4. The second kappa shape index (κ2) is 7.62. The Bertz CT molecular complexity index is 1270. The fourth-order valence-electron chi connectivity index (χ4n) is 3.45. The maximum absolute atomic E-state index is 11.6. The molecule has 11 heteroatoms. The molecule has 0 saturated heterocycles. The van der Waals surface area contributed by atoms with Crippen LogP contribution in [0.1, 0.15) is 22.8 Å². The van der Waals surface area contributed by atoms with Crippen LogP contribution in [0.4, 0.5) is 0 Å². The van der Waals surface area contributed by atoms with Gasteiger partial charge in [-0.2, -0.15) is 0 Å². The van der Waals surface area contributed by atoms with Gasteiger partial charge < -0.3 is 0 Å². The topological polar surface area (TPSA) is 122 Å². The van der Waals surface area contributed by atoms with Gasteiger partial charge in [0.1, 0.15) is 22.1 Å². The van der Waals surface area contributed by atoms with Gasteiger partial charge in [-0.3, -0.25) is 0 Å². The molecule has 0 spiro atoms. The molecule has 2 aliphatic rings. The summed E-state index contributed by atoms with van der Waals surface area (Å²) in [5.74, 6) is 0. The summed E-state index contributed by atoms with van der Waals surface area (Å²) in [6, 6.07) is 12.8. The predicted octanol–water partition coefficient (Wildman–Crippen LogP) is 3.68. The molecule has 0 aliphatic carbocycles. The number of hydrogen-bond donors (Lipinski definition) is 0. The molecule has 0 N–H and O–H groups in total. The molecule has 3 aromatic heterocycles. The molecule has 8 bridgehead atoms. The van der Waals surface area contributed by atoms with Crippen molar-refractivity contribution in [1.82, 2.24) is 19.3 Å². The molecule has 0 fully saturated rings. The van der Waals surface area contributed by atoms with E-state index >= 15 is 0 Å². The van der Waals surface area contributed by atoms with Crippen molar-refractivity contribution in [3.8, 4) is 0 Å². The molecule has 0 amide bonds. The first-order chi connectivity index (χ1) is 14.5. The van der Waals surface area contributed by atoms with E-state index in [1.165, 1.54) is 0 Å². The van der Waals surface area contributed by atoms with Crippen LogP contribution in [-0.2, 0) is 16.5 Å². The van der Waals surface area contributed by atoms with Crippen LogP contribution >= 0.6 is 0 Å². The Morgan fingerprint density at radius 3 is 1.06 bits per heavy atom. The van der Waals surface area contributed by atoms with E-state index in [9.17, 15) is 20.2 Å². The smallest absolute Gasteiger partial charge is 0.170 e. The molecule has 5 heterocycles. The molecule has 5 rings (SSSR count). The number of fused-ring (bicyclic) bond motifs is 8. The minimum atomic E-state index is -0.502. The van der Waals surface area contributed by atoms with Crippen molar-refractivity contribution in [1.29, 1.82) is 0 Å². The minimum absolute atomic E-state index is 0. The second-order valence-corrected chi connectivity index (χ2v) is 6.63. The molecule has 0 aromatic carbocycles. The quantitative estimate of drug-likeness (QED) is 0.226. The van der Waals surface area contributed by atoms with Crippen LogP contribution in [0.3, 0.4) is 0 Å². The van der Waals surface area contributed by atoms with E-state index in [0.717, 1.165) is 9.35 Å². The molecule has 3 aromatic rings. The van der Waals surface area contributed by atoms with Gasteiger partial charge in [-0.15, -0.1) is 0 Å². The summed E-state index contributed by atoms with van der Waals surface area (Å²) in [7, 11) is 0. The summed E-state index contributed by atoms with van der Waals surface area (Å²) in [6.07, 6.45) is 6.78. The average molecular weight is 459 g/mol. The van der Waals surface area contributed by atoms with Crippen molar-refractivity contribution in [2.75, 3.05) is 0 Å². The van der Waals surface area contributed by atoms with Crippen molar-refractivity contribution in [2.45, 2.75) is 0 Å². The summed E-state index contributed by atoms with van der Waals surface area (Å²) in [5.41, 5.74) is 3.38. The van der Waals surface area contributed by atoms with Gasteiger partial charge in [-0.25, -0.2) is 30.2 Å². The fourth-order valence-corrected chi connectivity index (χ4v) is 3.45. The fraction of sp³-hybridized carbons (Fsp3) is 0. The summed E-state index contributed by atoms with van der Waals surface area (Å²) in [6.45, 7) is 0. The number of rotatable bonds is 2. The zero-order chi connectivity index (χ0) is 20.8. The summed E-state index contributed by atoms with van der Waals surface area (Å²) >= 11 is 0. The van der Waals surface area contributed by atoms with Crippen LogP contribution in [0.5, 0.6) is 0 Å². The Hall–Kier alpha value is -4.11. The first-order valence-electron chi connectivity index (χ1n) is 8.87. The van der Waals surface area contributed by atoms with Gasteiger partial charge >= 0.3 is 0 Å². The van der Waals surface area contributed by atoms with Crippen molar-refractivity contribution in [3.05, 3.63) is 91.5 Å². The Balaban J connectivity index is 0.00000231. The normalized spacial score (nSPS) is 11.9. The Morgan fingerprint density at radius 2 is 0.839 bits per heavy atom. The summed E-state index contributed by atoms with van der Waals surface area (Å²) in [5, 5.41) is 22.3. The van der Waals surface area contributed by atoms with E-state index in [4.69, 9.17) is 0 Å². The van der Waals surface area contributed by atoms with Crippen molar-refractivity contribution in [2.24, 2.45) is 0 Å². The number of nitro groups is 2. The van der Waals surface area contributed by atoms with Gasteiger partial charge in [-0.1, -0.05) is 9.35 Å². The van der Waals surface area contributed by atoms with E-state index < -0.39 is 10.1 Å². The van der Waals surface area contributed by atoms with E-state index in [0.29, 0.717) is 44.8 Å². The molecule has 0 unspecified atom stereocenters. The van der Waals surface area contributed by atoms with Crippen molar-refractivity contribution < 1.29 is 26.6 Å². The van der Waals surface area contributed by atoms with Gasteiger partial charge in [0, 0.05) is 16.5 Å². The molecule has 2 aliphatic heterocycles. The van der Waals surface area contributed by atoms with Gasteiger partial charge in [0.25, 0.3) is 0 Å². The molecule has 10 nitrogen and oxygen atoms in total. The van der Waals surface area contributed by atoms with Gasteiger partial charge in [0.05, 0.1) is 22.8 Å². The molecule has 0 radical (unpaired) electrons. The Labute approximate surface area is 184 Å². The van der Waals surface area contributed by atoms with Gasteiger partial charge in [0.15, 0.2) is 10.1 Å². The van der Waals surface area contributed by atoms with E-state index in [2.05, 4.69) is 9.97 Å². The van der Waals surface area contributed by atoms with Crippen LogP contribution in [0, 0.1) is 20.2 Å². The maximum Gasteiger partial charge on any atom is 0.170 e. The SMILES string of the molecule is O=[N+]([O-])n1c2ccc1cc1nc(cc3ccc(cc4nc(c2)C=C4)n3[N+](=O)[O-])C=C1.[Ni]. The third-order valence-electron chi connectivity index (χ3n) is 4.70. The van der Waals surface area contributed by atoms with E-state index in [1.54, 1.807) is 72.8 Å². The third kappa shape index (κ3) is 3.62. The zero-order valence-electron chi connectivity index (χ0n) is 15.6. The number of hydrogen-bond acceptors (Lipinski definition) is 6. The first kappa shape index (κ1) is 20.2. The van der Waals surface area contributed by atoms with E-state index in [-0.39, 0.29) is 16.5 Å². The molecular formula is C20H12N6NiO4. The molecule has 156 valence electrons. The Morgan fingerprint density at radius 1 is 0.581 bits per heavy atom. The van der Waals surface area contributed by atoms with Crippen LogP contribution in [0.2, 0.25) is 0 Å². The van der Waals surface area contributed by atoms with Crippen molar-refractivity contribution >= 4 is 46.4 Å². The van der Waals surface area contributed by atoms with Crippen LogP contribution in [0.25, 0.3) is 46.4 Å². The summed E-state index contributed by atoms with van der Waals surface area (Å²) < 4.78 is 1.93. The third-order valence-corrected chi connectivity index (χ3v) is 4.70. The second-order valence-electron chi connectivity index (χ2n) is 6.63. The van der Waals surface area contributed by atoms with Gasteiger partial charge in [0.2, 0.25) is 0 Å². The van der Waals surface area contributed by atoms with E-state index in [1.807, 2.05) is 0 Å². The molecule has 0 atom stereocenters. The molecular weight excluding hydrogens is 447 g/mol. The monoisotopic (exact) mass is 458 g/mol. The zero-order valence-corrected chi connectivity index (χ0v) is 16.5.